The van der Waals surface area contributed by atoms with E-state index in [-0.39, 0.29) is 28.3 Å². The zero-order valence-corrected chi connectivity index (χ0v) is 15.9. The van der Waals surface area contributed by atoms with Crippen LogP contribution < -0.4 is 5.32 Å². The Bertz CT molecular complexity index is 591. The van der Waals surface area contributed by atoms with E-state index in [0.717, 1.165) is 12.8 Å². The fourth-order valence-corrected chi connectivity index (χ4v) is 4.28. The molecule has 0 aromatic carbocycles. The number of Topliss-reactive ketones (excluding diaryl/α,β-unsaturated/α-hetero) is 3. The SMILES string of the molecule is CC(=O)C1=C(O)CC(C)(C)CC1=O.CC1CC(=O)C2CCCCC2N1. The Morgan fingerprint density at radius 3 is 2.40 bits per heavy atom. The second kappa shape index (κ2) is 7.81. The van der Waals surface area contributed by atoms with Gasteiger partial charge < -0.3 is 10.4 Å². The van der Waals surface area contributed by atoms with Crippen molar-refractivity contribution in [2.24, 2.45) is 11.3 Å². The second-order valence-electron chi connectivity index (χ2n) is 8.55. The average molecular weight is 349 g/mol. The summed E-state index contributed by atoms with van der Waals surface area (Å²) < 4.78 is 0. The molecule has 0 aromatic heterocycles. The van der Waals surface area contributed by atoms with Crippen molar-refractivity contribution in [3.8, 4) is 0 Å². The number of carbonyl (C=O) groups excluding carboxylic acids is 3. The van der Waals surface area contributed by atoms with Crippen molar-refractivity contribution >= 4 is 17.3 Å². The maximum absolute atomic E-state index is 11.6. The molecule has 5 heteroatoms. The Hall–Kier alpha value is -1.49. The van der Waals surface area contributed by atoms with Gasteiger partial charge in [0.1, 0.15) is 11.5 Å². The Labute approximate surface area is 150 Å². The van der Waals surface area contributed by atoms with Gasteiger partial charge in [-0.2, -0.15) is 0 Å². The highest BCUT2D eigenvalue weighted by molar-refractivity contribution is 6.20. The lowest BCUT2D eigenvalue weighted by Crippen LogP contribution is -2.52. The normalized spacial score (nSPS) is 31.8. The molecule has 3 aliphatic rings. The van der Waals surface area contributed by atoms with E-state index < -0.39 is 0 Å². The number of carbonyl (C=O) groups is 3. The number of aliphatic hydroxyl groups excluding tert-OH is 1. The minimum absolute atomic E-state index is 0.000625. The molecule has 3 atom stereocenters. The highest BCUT2D eigenvalue weighted by atomic mass is 16.3. The van der Waals surface area contributed by atoms with Crippen molar-refractivity contribution in [3.63, 3.8) is 0 Å². The lowest BCUT2D eigenvalue weighted by Gasteiger charge is -2.38. The summed E-state index contributed by atoms with van der Waals surface area (Å²) in [6.45, 7) is 7.22. The van der Waals surface area contributed by atoms with Crippen LogP contribution >= 0.6 is 0 Å². The van der Waals surface area contributed by atoms with Crippen LogP contribution in [-0.4, -0.2) is 34.5 Å². The molecule has 1 saturated carbocycles. The predicted octanol–water partition coefficient (Wildman–Crippen LogP) is 3.27. The zero-order chi connectivity index (χ0) is 18.8. The largest absolute Gasteiger partial charge is 0.511 e. The standard InChI is InChI=1S/C10H17NO.C10H14O3/c1-7-6-10(12)8-4-2-3-5-9(8)11-7;1-6(11)9-7(12)4-10(2,3)5-8(9)13/h7-9,11H,2-6H2,1H3;12H,4-5H2,1-3H3. The van der Waals surface area contributed by atoms with E-state index in [1.807, 2.05) is 13.8 Å². The quantitative estimate of drug-likeness (QED) is 0.710. The lowest BCUT2D eigenvalue weighted by atomic mass is 9.76. The van der Waals surface area contributed by atoms with Crippen molar-refractivity contribution < 1.29 is 19.5 Å². The molecule has 5 nitrogen and oxygen atoms in total. The number of fused-ring (bicyclic) bond motifs is 1. The topological polar surface area (TPSA) is 83.5 Å². The van der Waals surface area contributed by atoms with Crippen LogP contribution in [0, 0.1) is 11.3 Å². The predicted molar refractivity (Wildman–Crippen MR) is 96.3 cm³/mol. The molecule has 0 radical (unpaired) electrons. The molecule has 2 fully saturated rings. The highest BCUT2D eigenvalue weighted by Crippen LogP contribution is 2.35. The fraction of sp³-hybridized carbons (Fsp3) is 0.750. The summed E-state index contributed by atoms with van der Waals surface area (Å²) in [6.07, 6.45) is 6.39. The van der Waals surface area contributed by atoms with Gasteiger partial charge in [-0.1, -0.05) is 26.7 Å². The Kier molecular flexibility index (Phi) is 6.20. The summed E-state index contributed by atoms with van der Waals surface area (Å²) in [5.41, 5.74) is -0.223. The summed E-state index contributed by atoms with van der Waals surface area (Å²) in [4.78, 5) is 34.0. The Morgan fingerprint density at radius 2 is 1.80 bits per heavy atom. The van der Waals surface area contributed by atoms with Crippen molar-refractivity contribution in [1.82, 2.24) is 5.32 Å². The van der Waals surface area contributed by atoms with Crippen molar-refractivity contribution in [2.45, 2.75) is 84.7 Å². The molecule has 0 aromatic rings. The lowest BCUT2D eigenvalue weighted by molar-refractivity contribution is -0.127. The number of hydrogen-bond acceptors (Lipinski definition) is 5. The third kappa shape index (κ3) is 5.00. The van der Waals surface area contributed by atoms with Crippen molar-refractivity contribution in [1.29, 1.82) is 0 Å². The zero-order valence-electron chi connectivity index (χ0n) is 15.9. The summed E-state index contributed by atoms with van der Waals surface area (Å²) in [7, 11) is 0. The second-order valence-corrected chi connectivity index (χ2v) is 8.55. The Morgan fingerprint density at radius 1 is 1.16 bits per heavy atom. The van der Waals surface area contributed by atoms with Crippen molar-refractivity contribution in [3.05, 3.63) is 11.3 Å². The fourth-order valence-electron chi connectivity index (χ4n) is 4.28. The maximum atomic E-state index is 11.6. The van der Waals surface area contributed by atoms with Crippen LogP contribution in [0.4, 0.5) is 0 Å². The first-order valence-electron chi connectivity index (χ1n) is 9.36. The molecule has 1 aliphatic heterocycles. The van der Waals surface area contributed by atoms with Gasteiger partial charge in [0.05, 0.1) is 5.57 Å². The van der Waals surface area contributed by atoms with Crippen LogP contribution in [0.5, 0.6) is 0 Å². The van der Waals surface area contributed by atoms with Gasteiger partial charge in [0.2, 0.25) is 0 Å². The third-order valence-electron chi connectivity index (χ3n) is 5.39. The van der Waals surface area contributed by atoms with Crippen LogP contribution in [0.25, 0.3) is 0 Å². The van der Waals surface area contributed by atoms with E-state index in [9.17, 15) is 19.5 Å². The molecular formula is C20H31NO4. The van der Waals surface area contributed by atoms with Crippen LogP contribution in [-0.2, 0) is 14.4 Å². The number of nitrogens with one attached hydrogen (secondary N) is 1. The minimum atomic E-state index is -0.335. The van der Waals surface area contributed by atoms with Gasteiger partial charge in [-0.3, -0.25) is 14.4 Å². The number of aliphatic hydroxyl groups is 1. The van der Waals surface area contributed by atoms with E-state index >= 15 is 0 Å². The summed E-state index contributed by atoms with van der Waals surface area (Å²) in [5.74, 6) is 0.244. The molecule has 25 heavy (non-hydrogen) atoms. The molecule has 0 amide bonds. The maximum Gasteiger partial charge on any atom is 0.170 e. The molecule has 140 valence electrons. The third-order valence-corrected chi connectivity index (χ3v) is 5.39. The number of hydrogen-bond donors (Lipinski definition) is 2. The first-order chi connectivity index (χ1) is 11.6. The van der Waals surface area contributed by atoms with E-state index in [4.69, 9.17) is 0 Å². The van der Waals surface area contributed by atoms with Gasteiger partial charge in [0, 0.05) is 37.3 Å². The molecule has 3 unspecified atom stereocenters. The first-order valence-corrected chi connectivity index (χ1v) is 9.36. The van der Waals surface area contributed by atoms with E-state index in [1.165, 1.54) is 26.2 Å². The Balaban J connectivity index is 0.000000181. The monoisotopic (exact) mass is 349 g/mol. The number of allylic oxidation sites excluding steroid dienone is 2. The number of piperidine rings is 1. The summed E-state index contributed by atoms with van der Waals surface area (Å²) in [5, 5.41) is 13.0. The van der Waals surface area contributed by atoms with Crippen LogP contribution in [0.2, 0.25) is 0 Å². The highest BCUT2D eigenvalue weighted by Gasteiger charge is 2.36. The van der Waals surface area contributed by atoms with Crippen LogP contribution in [0.15, 0.2) is 11.3 Å². The average Bonchev–Trinajstić information content (AvgIpc) is 2.45. The van der Waals surface area contributed by atoms with Gasteiger partial charge in [0.25, 0.3) is 0 Å². The smallest absolute Gasteiger partial charge is 0.170 e. The molecule has 1 saturated heterocycles. The van der Waals surface area contributed by atoms with E-state index in [1.54, 1.807) is 0 Å². The molecule has 3 rings (SSSR count). The molecule has 2 N–H and O–H groups in total. The van der Waals surface area contributed by atoms with Crippen LogP contribution in [0.1, 0.15) is 72.6 Å². The molecular weight excluding hydrogens is 318 g/mol. The van der Waals surface area contributed by atoms with Crippen molar-refractivity contribution in [2.75, 3.05) is 0 Å². The van der Waals surface area contributed by atoms with Gasteiger partial charge in [-0.05, 0) is 32.1 Å². The summed E-state index contributed by atoms with van der Waals surface area (Å²) >= 11 is 0. The number of rotatable bonds is 1. The van der Waals surface area contributed by atoms with Gasteiger partial charge in [-0.15, -0.1) is 0 Å². The molecule has 0 bridgehead atoms. The first kappa shape index (κ1) is 19.8. The molecule has 0 spiro atoms. The molecule has 1 heterocycles. The van der Waals surface area contributed by atoms with Gasteiger partial charge >= 0.3 is 0 Å². The van der Waals surface area contributed by atoms with Crippen LogP contribution in [0.3, 0.4) is 0 Å². The van der Waals surface area contributed by atoms with Gasteiger partial charge in [-0.25, -0.2) is 0 Å². The minimum Gasteiger partial charge on any atom is -0.511 e. The molecule has 2 aliphatic carbocycles. The number of ketones is 3. The summed E-state index contributed by atoms with van der Waals surface area (Å²) in [6, 6.07) is 0.923. The van der Waals surface area contributed by atoms with E-state index in [2.05, 4.69) is 12.2 Å². The van der Waals surface area contributed by atoms with Gasteiger partial charge in [0.15, 0.2) is 11.6 Å². The van der Waals surface area contributed by atoms with E-state index in [0.29, 0.717) is 36.6 Å².